The van der Waals surface area contributed by atoms with E-state index in [1.54, 1.807) is 24.3 Å². The number of sulfonamides is 1. The van der Waals surface area contributed by atoms with Crippen LogP contribution in [0, 0.1) is 6.92 Å². The predicted octanol–water partition coefficient (Wildman–Crippen LogP) is 1.28. The van der Waals surface area contributed by atoms with Gasteiger partial charge in [-0.1, -0.05) is 17.7 Å². The van der Waals surface area contributed by atoms with Crippen molar-refractivity contribution in [1.82, 2.24) is 4.31 Å². The van der Waals surface area contributed by atoms with Crippen LogP contribution in [-0.2, 0) is 24.3 Å². The molecule has 0 N–H and O–H groups in total. The van der Waals surface area contributed by atoms with Crippen molar-refractivity contribution in [1.29, 1.82) is 0 Å². The summed E-state index contributed by atoms with van der Waals surface area (Å²) >= 11 is 0. The highest BCUT2D eigenvalue weighted by Gasteiger charge is 2.61. The van der Waals surface area contributed by atoms with E-state index in [-0.39, 0.29) is 23.2 Å². The molecule has 6 nitrogen and oxygen atoms in total. The van der Waals surface area contributed by atoms with Gasteiger partial charge in [0.15, 0.2) is 0 Å². The first-order chi connectivity index (χ1) is 11.4. The van der Waals surface area contributed by atoms with Crippen LogP contribution in [0.5, 0.6) is 0 Å². The number of carbonyl (C=O) groups is 1. The Kier molecular flexibility index (Phi) is 3.80. The summed E-state index contributed by atoms with van der Waals surface area (Å²) in [4.78, 5) is 12.4. The van der Waals surface area contributed by atoms with E-state index in [2.05, 4.69) is 0 Å². The molecule has 3 aliphatic rings. The number of nitrogens with zero attached hydrogens (tertiary/aromatic N) is 1. The van der Waals surface area contributed by atoms with E-state index in [0.29, 0.717) is 32.6 Å². The molecule has 24 heavy (non-hydrogen) atoms. The lowest BCUT2D eigenvalue weighted by atomic mass is 9.77. The Morgan fingerprint density at radius 2 is 1.92 bits per heavy atom. The Morgan fingerprint density at radius 3 is 2.67 bits per heavy atom. The van der Waals surface area contributed by atoms with Crippen molar-refractivity contribution in [3.05, 3.63) is 29.8 Å². The van der Waals surface area contributed by atoms with Crippen molar-refractivity contribution in [3.63, 3.8) is 0 Å². The number of carbonyl (C=O) groups excluding carboxylic acids is 1. The predicted molar refractivity (Wildman–Crippen MR) is 86.1 cm³/mol. The van der Waals surface area contributed by atoms with Crippen LogP contribution in [0.1, 0.15) is 24.8 Å². The third-order valence-corrected chi connectivity index (χ3v) is 7.34. The maximum absolute atomic E-state index is 13.1. The molecular weight excluding hydrogens is 330 g/mol. The Bertz CT molecular complexity index is 760. The second-order valence-electron chi connectivity index (χ2n) is 6.80. The minimum Gasteiger partial charge on any atom is -0.372 e. The van der Waals surface area contributed by atoms with Gasteiger partial charge in [-0.3, -0.25) is 4.79 Å². The number of rotatable bonds is 2. The lowest BCUT2D eigenvalue weighted by molar-refractivity contribution is -0.220. The van der Waals surface area contributed by atoms with Gasteiger partial charge >= 0.3 is 0 Å². The fraction of sp³-hybridized carbons (Fsp3) is 0.588. The van der Waals surface area contributed by atoms with Crippen LogP contribution < -0.4 is 0 Å². The van der Waals surface area contributed by atoms with Gasteiger partial charge in [-0.15, -0.1) is 0 Å². The molecule has 0 bridgehead atoms. The van der Waals surface area contributed by atoms with E-state index in [4.69, 9.17) is 9.47 Å². The maximum atomic E-state index is 13.1. The van der Waals surface area contributed by atoms with E-state index < -0.39 is 21.7 Å². The standard InChI is InChI=1S/C17H21NO5S/c1-12-2-4-14(5-3-12)24(20,21)18-7-6-17-15(18)10-13(19)11-16(17)22-8-9-23-17/h2-5,15-16H,6-11H2,1H3. The van der Waals surface area contributed by atoms with Crippen LogP contribution in [0.2, 0.25) is 0 Å². The molecule has 1 spiro atoms. The molecule has 1 saturated carbocycles. The van der Waals surface area contributed by atoms with E-state index >= 15 is 0 Å². The lowest BCUT2D eigenvalue weighted by Gasteiger charge is -2.48. The lowest BCUT2D eigenvalue weighted by Crippen LogP contribution is -2.62. The second-order valence-corrected chi connectivity index (χ2v) is 8.69. The summed E-state index contributed by atoms with van der Waals surface area (Å²) in [6.45, 7) is 3.17. The number of benzene rings is 1. The van der Waals surface area contributed by atoms with Gasteiger partial charge in [-0.2, -0.15) is 4.31 Å². The van der Waals surface area contributed by atoms with Gasteiger partial charge in [0.05, 0.1) is 30.3 Å². The van der Waals surface area contributed by atoms with Gasteiger partial charge in [-0.05, 0) is 25.5 Å². The Balaban J connectivity index is 1.72. The highest BCUT2D eigenvalue weighted by Crippen LogP contribution is 2.46. The molecule has 3 fully saturated rings. The number of hydrogen-bond acceptors (Lipinski definition) is 5. The highest BCUT2D eigenvalue weighted by atomic mass is 32.2. The molecule has 4 rings (SSSR count). The molecule has 2 aliphatic heterocycles. The molecule has 0 radical (unpaired) electrons. The van der Waals surface area contributed by atoms with Crippen molar-refractivity contribution in [2.24, 2.45) is 0 Å². The molecule has 3 unspecified atom stereocenters. The van der Waals surface area contributed by atoms with Crippen molar-refractivity contribution in [2.45, 2.75) is 48.8 Å². The van der Waals surface area contributed by atoms with Gasteiger partial charge in [-0.25, -0.2) is 8.42 Å². The fourth-order valence-corrected chi connectivity index (χ4v) is 5.87. The average Bonchev–Trinajstić information content (AvgIpc) is 2.92. The molecular formula is C17H21NO5S. The largest absolute Gasteiger partial charge is 0.372 e. The summed E-state index contributed by atoms with van der Waals surface area (Å²) in [6, 6.07) is 6.34. The van der Waals surface area contributed by atoms with Gasteiger partial charge in [0.25, 0.3) is 0 Å². The molecule has 1 aliphatic carbocycles. The third-order valence-electron chi connectivity index (χ3n) is 5.41. The molecule has 1 aromatic carbocycles. The Labute approximate surface area is 141 Å². The minimum absolute atomic E-state index is 0.0390. The van der Waals surface area contributed by atoms with Crippen molar-refractivity contribution < 1.29 is 22.7 Å². The maximum Gasteiger partial charge on any atom is 0.243 e. The first kappa shape index (κ1) is 16.2. The number of hydrogen-bond donors (Lipinski definition) is 0. The Morgan fingerprint density at radius 1 is 1.17 bits per heavy atom. The van der Waals surface area contributed by atoms with E-state index in [1.807, 2.05) is 6.92 Å². The van der Waals surface area contributed by atoms with Crippen LogP contribution in [-0.4, -0.2) is 56.0 Å². The van der Waals surface area contributed by atoms with E-state index in [1.165, 1.54) is 4.31 Å². The van der Waals surface area contributed by atoms with Crippen LogP contribution in [0.25, 0.3) is 0 Å². The van der Waals surface area contributed by atoms with Crippen molar-refractivity contribution in [3.8, 4) is 0 Å². The van der Waals surface area contributed by atoms with Crippen LogP contribution >= 0.6 is 0 Å². The molecule has 2 heterocycles. The first-order valence-corrected chi connectivity index (χ1v) is 9.73. The normalized spacial score (nSPS) is 34.0. The quantitative estimate of drug-likeness (QED) is 0.802. The summed E-state index contributed by atoms with van der Waals surface area (Å²) in [6.07, 6.45) is 0.747. The number of Topliss-reactive ketones (excluding diaryl/α,β-unsaturated/α-hetero) is 1. The molecule has 1 aromatic rings. The molecule has 3 atom stereocenters. The summed E-state index contributed by atoms with van der Waals surface area (Å²) in [5, 5.41) is 0. The monoisotopic (exact) mass is 351 g/mol. The summed E-state index contributed by atoms with van der Waals surface area (Å²) in [5.74, 6) is 0.0390. The zero-order chi connectivity index (χ0) is 16.9. The summed E-state index contributed by atoms with van der Waals surface area (Å²) in [5.41, 5.74) is 0.327. The number of ketones is 1. The van der Waals surface area contributed by atoms with Gasteiger partial charge in [0.1, 0.15) is 11.4 Å². The Hall–Kier alpha value is -1.28. The third kappa shape index (κ3) is 2.34. The summed E-state index contributed by atoms with van der Waals surface area (Å²) < 4.78 is 39.5. The SMILES string of the molecule is Cc1ccc(S(=O)(=O)N2CCC34OCCOC3CC(=O)CC24)cc1. The van der Waals surface area contributed by atoms with Gasteiger partial charge < -0.3 is 9.47 Å². The van der Waals surface area contributed by atoms with Crippen molar-refractivity contribution in [2.75, 3.05) is 19.8 Å². The smallest absolute Gasteiger partial charge is 0.243 e. The minimum atomic E-state index is -3.66. The van der Waals surface area contributed by atoms with E-state index in [9.17, 15) is 13.2 Å². The molecule has 130 valence electrons. The first-order valence-electron chi connectivity index (χ1n) is 8.29. The van der Waals surface area contributed by atoms with Crippen LogP contribution in [0.15, 0.2) is 29.2 Å². The average molecular weight is 351 g/mol. The van der Waals surface area contributed by atoms with Crippen LogP contribution in [0.4, 0.5) is 0 Å². The zero-order valence-electron chi connectivity index (χ0n) is 13.6. The van der Waals surface area contributed by atoms with Gasteiger partial charge in [0.2, 0.25) is 10.0 Å². The highest BCUT2D eigenvalue weighted by molar-refractivity contribution is 7.89. The van der Waals surface area contributed by atoms with Crippen LogP contribution in [0.3, 0.4) is 0 Å². The zero-order valence-corrected chi connectivity index (χ0v) is 14.4. The van der Waals surface area contributed by atoms with Crippen molar-refractivity contribution >= 4 is 15.8 Å². The number of ether oxygens (including phenoxy) is 2. The second kappa shape index (κ2) is 5.62. The van der Waals surface area contributed by atoms with E-state index in [0.717, 1.165) is 5.56 Å². The molecule has 0 amide bonds. The fourth-order valence-electron chi connectivity index (χ4n) is 4.20. The topological polar surface area (TPSA) is 72.9 Å². The summed E-state index contributed by atoms with van der Waals surface area (Å²) in [7, 11) is -3.66. The number of aryl methyl sites for hydroxylation is 1. The molecule has 0 aromatic heterocycles. The molecule has 7 heteroatoms. The molecule has 2 saturated heterocycles. The van der Waals surface area contributed by atoms with Gasteiger partial charge in [0, 0.05) is 19.4 Å².